The van der Waals surface area contributed by atoms with Crippen molar-refractivity contribution in [2.24, 2.45) is 0 Å². The summed E-state index contributed by atoms with van der Waals surface area (Å²) in [7, 11) is 0. The number of nitrogens with one attached hydrogen (secondary N) is 1. The van der Waals surface area contributed by atoms with E-state index in [2.05, 4.69) is 16.0 Å². The van der Waals surface area contributed by atoms with Crippen LogP contribution in [0.3, 0.4) is 0 Å². The third-order valence-electron chi connectivity index (χ3n) is 3.20. The third-order valence-corrected chi connectivity index (χ3v) is 3.20. The second-order valence-electron chi connectivity index (χ2n) is 4.45. The molecule has 0 radical (unpaired) electrons. The molecule has 0 bridgehead atoms. The van der Waals surface area contributed by atoms with Crippen LogP contribution in [0, 0.1) is 23.7 Å². The smallest absolute Gasteiger partial charge is 0.277 e. The number of hydrogen-bond donors (Lipinski definition) is 1. The Bertz CT molecular complexity index is 952. The maximum Gasteiger partial charge on any atom is 0.277 e. The highest BCUT2D eigenvalue weighted by atomic mass is 16.1. The molecule has 5 nitrogen and oxygen atoms in total. The molecule has 0 atom stereocenters. The Hall–Kier alpha value is -3.31. The van der Waals surface area contributed by atoms with Crippen molar-refractivity contribution in [1.82, 2.24) is 14.6 Å². The number of aromatic nitrogens is 3. The monoisotopic (exact) mass is 274 g/mol. The van der Waals surface area contributed by atoms with Gasteiger partial charge in [-0.2, -0.15) is 9.78 Å². The zero-order valence-electron chi connectivity index (χ0n) is 11.0. The van der Waals surface area contributed by atoms with Crippen LogP contribution in [0.1, 0.15) is 11.1 Å². The van der Waals surface area contributed by atoms with Crippen molar-refractivity contribution < 1.29 is 0 Å². The van der Waals surface area contributed by atoms with Crippen LogP contribution in [-0.4, -0.2) is 14.6 Å². The number of terminal acetylenes is 1. The molecule has 0 fully saturated rings. The molecule has 3 aromatic rings. The average molecular weight is 274 g/mol. The summed E-state index contributed by atoms with van der Waals surface area (Å²) in [5.41, 5.74) is 2.10. The van der Waals surface area contributed by atoms with E-state index in [9.17, 15) is 4.79 Å². The predicted molar refractivity (Wildman–Crippen MR) is 78.5 cm³/mol. The highest BCUT2D eigenvalue weighted by Gasteiger charge is 2.16. The minimum Gasteiger partial charge on any atom is -0.295 e. The summed E-state index contributed by atoms with van der Waals surface area (Å²) in [6.45, 7) is 0. The largest absolute Gasteiger partial charge is 0.295 e. The van der Waals surface area contributed by atoms with Gasteiger partial charge in [0.1, 0.15) is 11.6 Å². The first kappa shape index (κ1) is 12.7. The van der Waals surface area contributed by atoms with Gasteiger partial charge in [-0.1, -0.05) is 30.3 Å². The SMILES string of the molecule is C#CCc1c(-c2ccccc2)nc2c(C#N)c[nH]n2c1=O. The molecular weight excluding hydrogens is 264 g/mol. The van der Waals surface area contributed by atoms with Crippen LogP contribution in [0.5, 0.6) is 0 Å². The fourth-order valence-corrected chi connectivity index (χ4v) is 2.23. The molecular formula is C16H10N4O. The molecule has 2 aromatic heterocycles. The minimum absolute atomic E-state index is 0.180. The van der Waals surface area contributed by atoms with Gasteiger partial charge >= 0.3 is 0 Å². The maximum atomic E-state index is 12.5. The second-order valence-corrected chi connectivity index (χ2v) is 4.45. The van der Waals surface area contributed by atoms with E-state index in [4.69, 9.17) is 11.7 Å². The van der Waals surface area contributed by atoms with Crippen molar-refractivity contribution in [3.63, 3.8) is 0 Å². The van der Waals surface area contributed by atoms with Gasteiger partial charge < -0.3 is 0 Å². The molecule has 0 aliphatic heterocycles. The van der Waals surface area contributed by atoms with E-state index < -0.39 is 0 Å². The van der Waals surface area contributed by atoms with Gasteiger partial charge in [-0.05, 0) is 0 Å². The number of hydrogen-bond acceptors (Lipinski definition) is 3. The topological polar surface area (TPSA) is 73.9 Å². The van der Waals surface area contributed by atoms with Gasteiger partial charge in [-0.15, -0.1) is 12.3 Å². The van der Waals surface area contributed by atoms with Crippen molar-refractivity contribution in [2.75, 3.05) is 0 Å². The van der Waals surface area contributed by atoms with Crippen molar-refractivity contribution in [3.8, 4) is 29.7 Å². The zero-order valence-corrected chi connectivity index (χ0v) is 11.0. The quantitative estimate of drug-likeness (QED) is 0.723. The van der Waals surface area contributed by atoms with Gasteiger partial charge in [0.25, 0.3) is 5.56 Å². The normalized spacial score (nSPS) is 10.2. The van der Waals surface area contributed by atoms with Gasteiger partial charge in [-0.25, -0.2) is 4.98 Å². The standard InChI is InChI=1S/C16H10N4O/c1-2-6-13-14(11-7-4-3-5-8-11)19-15-12(9-17)10-18-20(15)16(13)21/h1,3-5,7-8,10,18H,6H2. The van der Waals surface area contributed by atoms with E-state index in [1.165, 1.54) is 10.7 Å². The number of nitriles is 1. The fourth-order valence-electron chi connectivity index (χ4n) is 2.23. The highest BCUT2D eigenvalue weighted by molar-refractivity contribution is 5.67. The minimum atomic E-state index is -0.279. The average Bonchev–Trinajstić information content (AvgIpc) is 2.94. The molecule has 1 N–H and O–H groups in total. The number of rotatable bonds is 2. The van der Waals surface area contributed by atoms with Crippen LogP contribution < -0.4 is 5.56 Å². The molecule has 5 heteroatoms. The molecule has 3 rings (SSSR count). The van der Waals surface area contributed by atoms with Crippen molar-refractivity contribution in [2.45, 2.75) is 6.42 Å². The van der Waals surface area contributed by atoms with E-state index >= 15 is 0 Å². The van der Waals surface area contributed by atoms with Gasteiger partial charge in [0, 0.05) is 18.2 Å². The molecule has 0 saturated heterocycles. The summed E-state index contributed by atoms with van der Waals surface area (Å²) in [6.07, 6.45) is 7.00. The number of H-pyrrole nitrogens is 1. The first-order valence-corrected chi connectivity index (χ1v) is 6.28. The molecule has 0 spiro atoms. The van der Waals surface area contributed by atoms with Gasteiger partial charge in [0.2, 0.25) is 0 Å². The van der Waals surface area contributed by atoms with E-state index in [0.717, 1.165) is 5.56 Å². The van der Waals surface area contributed by atoms with Gasteiger partial charge in [0.15, 0.2) is 5.65 Å². The first-order chi connectivity index (χ1) is 10.3. The molecule has 2 heterocycles. The maximum absolute atomic E-state index is 12.5. The number of fused-ring (bicyclic) bond motifs is 1. The summed E-state index contributed by atoms with van der Waals surface area (Å²) < 4.78 is 1.25. The first-order valence-electron chi connectivity index (χ1n) is 6.28. The van der Waals surface area contributed by atoms with Crippen molar-refractivity contribution >= 4 is 5.65 Å². The van der Waals surface area contributed by atoms with E-state index in [1.54, 1.807) is 0 Å². The Morgan fingerprint density at radius 1 is 1.33 bits per heavy atom. The number of aromatic amines is 1. The Morgan fingerprint density at radius 3 is 2.76 bits per heavy atom. The Morgan fingerprint density at radius 2 is 2.10 bits per heavy atom. The molecule has 21 heavy (non-hydrogen) atoms. The number of benzene rings is 1. The fraction of sp³-hybridized carbons (Fsp3) is 0.0625. The Kier molecular flexibility index (Phi) is 3.02. The Labute approximate surface area is 120 Å². The Balaban J connectivity index is 2.42. The molecule has 0 saturated carbocycles. The molecule has 0 amide bonds. The van der Waals surface area contributed by atoms with Gasteiger partial charge in [0.05, 0.1) is 11.3 Å². The molecule has 0 aliphatic carbocycles. The lowest BCUT2D eigenvalue weighted by atomic mass is 10.0. The predicted octanol–water partition coefficient (Wildman–Crippen LogP) is 1.74. The lowest BCUT2D eigenvalue weighted by Crippen LogP contribution is -2.21. The summed E-state index contributed by atoms with van der Waals surface area (Å²) in [6, 6.07) is 11.3. The second kappa shape index (κ2) is 4.99. The van der Waals surface area contributed by atoms with Crippen LogP contribution in [0.25, 0.3) is 16.9 Å². The summed E-state index contributed by atoms with van der Waals surface area (Å²) in [5.74, 6) is 2.49. The van der Waals surface area contributed by atoms with Crippen LogP contribution in [0.2, 0.25) is 0 Å². The van der Waals surface area contributed by atoms with E-state index in [-0.39, 0.29) is 12.0 Å². The van der Waals surface area contributed by atoms with Crippen molar-refractivity contribution in [3.05, 3.63) is 58.0 Å². The summed E-state index contributed by atoms with van der Waals surface area (Å²) in [5, 5.41) is 11.8. The van der Waals surface area contributed by atoms with E-state index in [1.807, 2.05) is 36.4 Å². The van der Waals surface area contributed by atoms with Crippen molar-refractivity contribution in [1.29, 1.82) is 5.26 Å². The molecule has 1 aromatic carbocycles. The number of nitrogens with zero attached hydrogens (tertiary/aromatic N) is 3. The van der Waals surface area contributed by atoms with E-state index in [0.29, 0.717) is 22.5 Å². The highest BCUT2D eigenvalue weighted by Crippen LogP contribution is 2.21. The third kappa shape index (κ3) is 1.98. The van der Waals surface area contributed by atoms with Crippen LogP contribution >= 0.6 is 0 Å². The van der Waals surface area contributed by atoms with Gasteiger partial charge in [-0.3, -0.25) is 9.89 Å². The van der Waals surface area contributed by atoms with Crippen LogP contribution in [-0.2, 0) is 6.42 Å². The molecule has 100 valence electrons. The molecule has 0 aliphatic rings. The zero-order chi connectivity index (χ0) is 14.8. The van der Waals surface area contributed by atoms with Crippen LogP contribution in [0.15, 0.2) is 41.3 Å². The van der Waals surface area contributed by atoms with Crippen LogP contribution in [0.4, 0.5) is 0 Å². The molecule has 0 unspecified atom stereocenters. The summed E-state index contributed by atoms with van der Waals surface area (Å²) >= 11 is 0. The lowest BCUT2D eigenvalue weighted by Gasteiger charge is -2.07. The summed E-state index contributed by atoms with van der Waals surface area (Å²) in [4.78, 5) is 17.0. The lowest BCUT2D eigenvalue weighted by molar-refractivity contribution is 0.881.